The third kappa shape index (κ3) is 3.45. The molecule has 1 unspecified atom stereocenters. The van der Waals surface area contributed by atoms with Gasteiger partial charge in [-0.15, -0.1) is 0 Å². The van der Waals surface area contributed by atoms with Crippen LogP contribution in [0.1, 0.15) is 43.4 Å². The van der Waals surface area contributed by atoms with E-state index in [-0.39, 0.29) is 0 Å². The summed E-state index contributed by atoms with van der Waals surface area (Å²) in [4.78, 5) is 8.29. The van der Waals surface area contributed by atoms with Gasteiger partial charge in [0, 0.05) is 18.5 Å². The van der Waals surface area contributed by atoms with Crippen LogP contribution in [-0.4, -0.2) is 23.0 Å². The number of rotatable bonds is 6. The van der Waals surface area contributed by atoms with Crippen LogP contribution in [0.25, 0.3) is 0 Å². The molecule has 0 N–H and O–H groups in total. The van der Waals surface area contributed by atoms with Crippen molar-refractivity contribution in [3.8, 4) is 0 Å². The molecule has 126 valence electrons. The number of hydrogen-bond acceptors (Lipinski definition) is 3. The van der Waals surface area contributed by atoms with Gasteiger partial charge in [0.2, 0.25) is 5.72 Å². The summed E-state index contributed by atoms with van der Waals surface area (Å²) in [5, 5.41) is 4.46. The molecule has 3 rings (SSSR count). The SMILES string of the molecule is CCCCN1C(c2ccc(C)cc2)=NOC1(C)Cc1ccccc1. The van der Waals surface area contributed by atoms with Gasteiger partial charge in [-0.2, -0.15) is 0 Å². The van der Waals surface area contributed by atoms with E-state index >= 15 is 0 Å². The molecule has 0 saturated heterocycles. The van der Waals surface area contributed by atoms with Gasteiger partial charge < -0.3 is 9.74 Å². The molecule has 0 fully saturated rings. The van der Waals surface area contributed by atoms with Crippen molar-refractivity contribution in [3.05, 3.63) is 71.3 Å². The van der Waals surface area contributed by atoms with Gasteiger partial charge >= 0.3 is 0 Å². The van der Waals surface area contributed by atoms with E-state index in [1.807, 2.05) is 6.07 Å². The fraction of sp³-hybridized carbons (Fsp3) is 0.381. The predicted octanol–water partition coefficient (Wildman–Crippen LogP) is 4.75. The molecule has 0 aromatic heterocycles. The Morgan fingerprint density at radius 1 is 1.04 bits per heavy atom. The second kappa shape index (κ2) is 7.08. The van der Waals surface area contributed by atoms with Gasteiger partial charge in [0.25, 0.3) is 0 Å². The predicted molar refractivity (Wildman–Crippen MR) is 99.0 cm³/mol. The largest absolute Gasteiger partial charge is 0.365 e. The summed E-state index contributed by atoms with van der Waals surface area (Å²) in [7, 11) is 0. The average molecular weight is 322 g/mol. The first-order chi connectivity index (χ1) is 11.6. The monoisotopic (exact) mass is 322 g/mol. The minimum Gasteiger partial charge on any atom is -0.365 e. The highest BCUT2D eigenvalue weighted by atomic mass is 16.7. The molecule has 1 aliphatic heterocycles. The van der Waals surface area contributed by atoms with Crippen LogP contribution in [0.4, 0.5) is 0 Å². The maximum atomic E-state index is 5.97. The summed E-state index contributed by atoms with van der Waals surface area (Å²) in [6.07, 6.45) is 3.09. The Bertz CT molecular complexity index is 694. The summed E-state index contributed by atoms with van der Waals surface area (Å²) in [5.41, 5.74) is 3.21. The first-order valence-corrected chi connectivity index (χ1v) is 8.77. The van der Waals surface area contributed by atoms with Crippen LogP contribution >= 0.6 is 0 Å². The molecule has 0 spiro atoms. The van der Waals surface area contributed by atoms with Gasteiger partial charge in [-0.3, -0.25) is 0 Å². The van der Waals surface area contributed by atoms with E-state index in [9.17, 15) is 0 Å². The highest BCUT2D eigenvalue weighted by molar-refractivity contribution is 5.99. The maximum Gasteiger partial charge on any atom is 0.212 e. The van der Waals surface area contributed by atoms with Gasteiger partial charge in [-0.05, 0) is 25.8 Å². The molecule has 2 aromatic rings. The summed E-state index contributed by atoms with van der Waals surface area (Å²) in [6, 6.07) is 19.0. The summed E-state index contributed by atoms with van der Waals surface area (Å²) in [6.45, 7) is 7.41. The number of unbranched alkanes of at least 4 members (excludes halogenated alkanes) is 1. The molecule has 0 amide bonds. The van der Waals surface area contributed by atoms with Crippen molar-refractivity contribution >= 4 is 5.84 Å². The average Bonchev–Trinajstić information content (AvgIpc) is 2.91. The zero-order valence-electron chi connectivity index (χ0n) is 14.8. The van der Waals surface area contributed by atoms with Crippen molar-refractivity contribution in [1.82, 2.24) is 4.90 Å². The number of aryl methyl sites for hydroxylation is 1. The fourth-order valence-electron chi connectivity index (χ4n) is 3.14. The molecule has 1 aliphatic rings. The molecular formula is C21H26N2O. The van der Waals surface area contributed by atoms with E-state index in [2.05, 4.69) is 79.4 Å². The van der Waals surface area contributed by atoms with Gasteiger partial charge in [0.15, 0.2) is 5.84 Å². The minimum absolute atomic E-state index is 0.434. The van der Waals surface area contributed by atoms with Crippen molar-refractivity contribution in [2.45, 2.75) is 45.8 Å². The van der Waals surface area contributed by atoms with E-state index in [4.69, 9.17) is 4.84 Å². The molecule has 3 nitrogen and oxygen atoms in total. The molecule has 0 radical (unpaired) electrons. The van der Waals surface area contributed by atoms with Crippen molar-refractivity contribution in [2.75, 3.05) is 6.54 Å². The zero-order chi connectivity index (χ0) is 17.0. The van der Waals surface area contributed by atoms with Crippen LogP contribution in [0.5, 0.6) is 0 Å². The Balaban J connectivity index is 1.86. The van der Waals surface area contributed by atoms with Crippen LogP contribution in [0.3, 0.4) is 0 Å². The Labute approximate surface area is 144 Å². The van der Waals surface area contributed by atoms with E-state index < -0.39 is 5.72 Å². The molecule has 2 aromatic carbocycles. The number of oxime groups is 1. The number of hydrogen-bond donors (Lipinski definition) is 0. The third-order valence-electron chi connectivity index (χ3n) is 4.58. The van der Waals surface area contributed by atoms with Crippen molar-refractivity contribution in [1.29, 1.82) is 0 Å². The summed E-state index contributed by atoms with van der Waals surface area (Å²) < 4.78 is 0. The highest BCUT2D eigenvalue weighted by Gasteiger charge is 2.41. The van der Waals surface area contributed by atoms with Crippen LogP contribution in [0.2, 0.25) is 0 Å². The first-order valence-electron chi connectivity index (χ1n) is 8.77. The highest BCUT2D eigenvalue weighted by Crippen LogP contribution is 2.31. The topological polar surface area (TPSA) is 24.8 Å². The third-order valence-corrected chi connectivity index (χ3v) is 4.58. The van der Waals surface area contributed by atoms with Crippen LogP contribution in [0.15, 0.2) is 59.8 Å². The number of nitrogens with zero attached hydrogens (tertiary/aromatic N) is 2. The van der Waals surface area contributed by atoms with Crippen molar-refractivity contribution in [2.24, 2.45) is 5.16 Å². The molecule has 0 bridgehead atoms. The Kier molecular flexibility index (Phi) is 4.89. The van der Waals surface area contributed by atoms with Gasteiger partial charge in [-0.1, -0.05) is 78.7 Å². The Morgan fingerprint density at radius 3 is 2.42 bits per heavy atom. The lowest BCUT2D eigenvalue weighted by atomic mass is 10.0. The van der Waals surface area contributed by atoms with E-state index in [1.54, 1.807) is 0 Å². The van der Waals surface area contributed by atoms with Crippen LogP contribution in [0, 0.1) is 6.92 Å². The minimum atomic E-state index is -0.434. The standard InChI is InChI=1S/C21H26N2O/c1-4-5-15-23-20(19-13-11-17(2)12-14-19)22-24-21(23,3)16-18-9-7-6-8-10-18/h6-14H,4-5,15-16H2,1-3H3. The Hall–Kier alpha value is -2.29. The molecule has 0 aliphatic carbocycles. The Morgan fingerprint density at radius 2 is 1.75 bits per heavy atom. The number of benzene rings is 2. The van der Waals surface area contributed by atoms with Crippen LogP contribution < -0.4 is 0 Å². The fourth-order valence-corrected chi connectivity index (χ4v) is 3.14. The molecule has 1 atom stereocenters. The second-order valence-corrected chi connectivity index (χ2v) is 6.71. The molecule has 1 heterocycles. The maximum absolute atomic E-state index is 5.97. The second-order valence-electron chi connectivity index (χ2n) is 6.71. The molecular weight excluding hydrogens is 296 g/mol. The van der Waals surface area contributed by atoms with Crippen LogP contribution in [-0.2, 0) is 11.3 Å². The normalized spacial score (nSPS) is 20.0. The molecule has 24 heavy (non-hydrogen) atoms. The van der Waals surface area contributed by atoms with E-state index in [1.165, 1.54) is 11.1 Å². The van der Waals surface area contributed by atoms with Gasteiger partial charge in [0.05, 0.1) is 0 Å². The van der Waals surface area contributed by atoms with E-state index in [0.717, 1.165) is 37.2 Å². The zero-order valence-corrected chi connectivity index (χ0v) is 14.8. The lowest BCUT2D eigenvalue weighted by molar-refractivity contribution is -0.0833. The summed E-state index contributed by atoms with van der Waals surface area (Å²) in [5.74, 6) is 0.946. The summed E-state index contributed by atoms with van der Waals surface area (Å²) >= 11 is 0. The molecule has 3 heteroatoms. The first kappa shape index (κ1) is 16.6. The van der Waals surface area contributed by atoms with Crippen molar-refractivity contribution in [3.63, 3.8) is 0 Å². The number of amidine groups is 1. The lowest BCUT2D eigenvalue weighted by Gasteiger charge is -2.34. The van der Waals surface area contributed by atoms with E-state index in [0.29, 0.717) is 0 Å². The lowest BCUT2D eigenvalue weighted by Crippen LogP contribution is -2.48. The molecule has 0 saturated carbocycles. The smallest absolute Gasteiger partial charge is 0.212 e. The van der Waals surface area contributed by atoms with Gasteiger partial charge in [-0.25, -0.2) is 0 Å². The van der Waals surface area contributed by atoms with Crippen molar-refractivity contribution < 1.29 is 4.84 Å². The quantitative estimate of drug-likeness (QED) is 0.767. The van der Waals surface area contributed by atoms with Gasteiger partial charge in [0.1, 0.15) is 0 Å².